The summed E-state index contributed by atoms with van der Waals surface area (Å²) < 4.78 is 5.81. The van der Waals surface area contributed by atoms with Crippen molar-refractivity contribution in [3.8, 4) is 5.75 Å². The fourth-order valence-corrected chi connectivity index (χ4v) is 7.53. The van der Waals surface area contributed by atoms with Gasteiger partial charge in [0.1, 0.15) is 5.75 Å². The zero-order valence-corrected chi connectivity index (χ0v) is 26.9. The van der Waals surface area contributed by atoms with Gasteiger partial charge in [0, 0.05) is 74.9 Å². The second-order valence-corrected chi connectivity index (χ2v) is 13.8. The normalized spacial score (nSPS) is 23.5. The molecule has 0 spiro atoms. The average molecular weight is 595 g/mol. The topological polar surface area (TPSA) is 48.1 Å². The molecule has 0 unspecified atom stereocenters. The molecule has 1 amide bonds. The van der Waals surface area contributed by atoms with Crippen molar-refractivity contribution in [1.29, 1.82) is 0 Å². The summed E-state index contributed by atoms with van der Waals surface area (Å²) in [5.74, 6) is 1.48. The molecule has 1 aliphatic carbocycles. The highest BCUT2D eigenvalue weighted by Crippen LogP contribution is 2.37. The highest BCUT2D eigenvalue weighted by Gasteiger charge is 2.44. The lowest BCUT2D eigenvalue weighted by Crippen LogP contribution is -2.62. The van der Waals surface area contributed by atoms with Gasteiger partial charge in [0.05, 0.1) is 12.0 Å². The molecule has 1 saturated carbocycles. The predicted molar refractivity (Wildman–Crippen MR) is 172 cm³/mol. The molecule has 3 aliphatic rings. The molecule has 2 aromatic carbocycles. The number of carbonyl (C=O) groups is 1. The SMILES string of the molecule is CC(C)Oc1ccc(CNCC2(N3CCN(C(=O)[C@H]4CN(C(C)C)C[C@@H]4c4ccc(Cl)cc4)CC3)CCCCC2)cc1. The predicted octanol–water partition coefficient (Wildman–Crippen LogP) is 6.19. The number of carbonyl (C=O) groups excluding carboxylic acids is 1. The van der Waals surface area contributed by atoms with Crippen LogP contribution in [0, 0.1) is 5.92 Å². The largest absolute Gasteiger partial charge is 0.491 e. The molecule has 3 fully saturated rings. The number of hydrogen-bond acceptors (Lipinski definition) is 5. The van der Waals surface area contributed by atoms with Crippen LogP contribution >= 0.6 is 11.6 Å². The Kier molecular flexibility index (Phi) is 10.5. The van der Waals surface area contributed by atoms with Crippen molar-refractivity contribution in [2.45, 2.75) is 89.9 Å². The third-order valence-electron chi connectivity index (χ3n) is 9.82. The smallest absolute Gasteiger partial charge is 0.227 e. The van der Waals surface area contributed by atoms with Gasteiger partial charge in [0.25, 0.3) is 0 Å². The lowest BCUT2D eigenvalue weighted by molar-refractivity contribution is -0.138. The van der Waals surface area contributed by atoms with E-state index in [2.05, 4.69) is 84.1 Å². The zero-order valence-electron chi connectivity index (χ0n) is 26.2. The van der Waals surface area contributed by atoms with Crippen LogP contribution in [0.3, 0.4) is 0 Å². The average Bonchev–Trinajstić information content (AvgIpc) is 3.44. The quantitative estimate of drug-likeness (QED) is 0.356. The van der Waals surface area contributed by atoms with Crippen molar-refractivity contribution in [2.75, 3.05) is 45.8 Å². The fourth-order valence-electron chi connectivity index (χ4n) is 7.40. The molecular weight excluding hydrogens is 544 g/mol. The van der Waals surface area contributed by atoms with Gasteiger partial charge >= 0.3 is 0 Å². The molecule has 2 heterocycles. The number of amides is 1. The van der Waals surface area contributed by atoms with Crippen LogP contribution in [0.15, 0.2) is 48.5 Å². The molecule has 0 radical (unpaired) electrons. The van der Waals surface area contributed by atoms with Gasteiger partial charge in [-0.2, -0.15) is 0 Å². The van der Waals surface area contributed by atoms with Gasteiger partial charge in [-0.25, -0.2) is 0 Å². The Balaban J connectivity index is 1.19. The second kappa shape index (κ2) is 14.1. The van der Waals surface area contributed by atoms with E-state index in [0.717, 1.165) is 63.1 Å². The summed E-state index contributed by atoms with van der Waals surface area (Å²) in [6.07, 6.45) is 6.57. The van der Waals surface area contributed by atoms with Crippen LogP contribution in [0.5, 0.6) is 5.75 Å². The van der Waals surface area contributed by atoms with E-state index in [1.165, 1.54) is 43.2 Å². The summed E-state index contributed by atoms with van der Waals surface area (Å²) in [5, 5.41) is 4.56. The molecule has 1 N–H and O–H groups in total. The molecule has 0 aromatic heterocycles. The molecule has 2 saturated heterocycles. The van der Waals surface area contributed by atoms with Crippen molar-refractivity contribution < 1.29 is 9.53 Å². The highest BCUT2D eigenvalue weighted by molar-refractivity contribution is 6.30. The Hall–Kier alpha value is -2.12. The monoisotopic (exact) mass is 594 g/mol. The Bertz CT molecular complexity index is 1140. The van der Waals surface area contributed by atoms with Crippen LogP contribution in [0.4, 0.5) is 0 Å². The second-order valence-electron chi connectivity index (χ2n) is 13.3. The Morgan fingerprint density at radius 1 is 0.929 bits per heavy atom. The van der Waals surface area contributed by atoms with Gasteiger partial charge in [-0.1, -0.05) is 55.1 Å². The maximum Gasteiger partial charge on any atom is 0.227 e. The fraction of sp³-hybridized carbons (Fsp3) is 0.629. The third-order valence-corrected chi connectivity index (χ3v) is 10.1. The molecule has 2 atom stereocenters. The first-order valence-electron chi connectivity index (χ1n) is 16.2. The van der Waals surface area contributed by atoms with Crippen LogP contribution in [-0.2, 0) is 11.3 Å². The molecule has 0 bridgehead atoms. The first-order chi connectivity index (χ1) is 20.2. The first-order valence-corrected chi connectivity index (χ1v) is 16.6. The molecule has 230 valence electrons. The molecule has 5 rings (SSSR count). The summed E-state index contributed by atoms with van der Waals surface area (Å²) in [5.41, 5.74) is 2.70. The van der Waals surface area contributed by atoms with Crippen molar-refractivity contribution in [3.05, 3.63) is 64.7 Å². The van der Waals surface area contributed by atoms with Gasteiger partial charge in [0.2, 0.25) is 5.91 Å². The lowest BCUT2D eigenvalue weighted by atomic mass is 9.79. The third kappa shape index (κ3) is 7.50. The van der Waals surface area contributed by atoms with E-state index in [4.69, 9.17) is 16.3 Å². The summed E-state index contributed by atoms with van der Waals surface area (Å²) in [6.45, 7) is 15.8. The number of hydrogen-bond donors (Lipinski definition) is 1. The standard InChI is InChI=1S/C35H51ClN4O2/c1-26(2)39-23-32(29-10-12-30(36)13-11-29)33(24-39)34(41)38-18-20-40(21-19-38)35(16-6-5-7-17-35)25-37-22-28-8-14-31(15-9-28)42-27(3)4/h8-15,26-27,32-33,37H,5-7,16-25H2,1-4H3/t32-,33+/m1/s1. The number of ether oxygens (including phenoxy) is 1. The summed E-state index contributed by atoms with van der Waals surface area (Å²) in [6, 6.07) is 17.1. The van der Waals surface area contributed by atoms with Crippen molar-refractivity contribution in [1.82, 2.24) is 20.0 Å². The van der Waals surface area contributed by atoms with Crippen LogP contribution in [0.1, 0.15) is 76.8 Å². The van der Waals surface area contributed by atoms with Crippen molar-refractivity contribution in [3.63, 3.8) is 0 Å². The summed E-state index contributed by atoms with van der Waals surface area (Å²) in [7, 11) is 0. The number of nitrogens with zero attached hydrogens (tertiary/aromatic N) is 3. The van der Waals surface area contributed by atoms with Gasteiger partial charge in [-0.3, -0.25) is 14.6 Å². The van der Waals surface area contributed by atoms with Crippen molar-refractivity contribution in [2.24, 2.45) is 5.92 Å². The molecule has 7 heteroatoms. The summed E-state index contributed by atoms with van der Waals surface area (Å²) >= 11 is 6.19. The van der Waals surface area contributed by atoms with E-state index < -0.39 is 0 Å². The Morgan fingerprint density at radius 3 is 2.21 bits per heavy atom. The molecule has 6 nitrogen and oxygen atoms in total. The minimum atomic E-state index is 0.00255. The number of nitrogens with one attached hydrogen (secondary N) is 1. The number of halogens is 1. The number of likely N-dealkylation sites (tertiary alicyclic amines) is 1. The van der Waals surface area contributed by atoms with E-state index in [-0.39, 0.29) is 23.5 Å². The van der Waals surface area contributed by atoms with Gasteiger partial charge in [-0.15, -0.1) is 0 Å². The molecule has 2 aromatic rings. The van der Waals surface area contributed by atoms with E-state index in [9.17, 15) is 4.79 Å². The van der Waals surface area contributed by atoms with Gasteiger partial charge in [-0.05, 0) is 75.9 Å². The minimum absolute atomic E-state index is 0.00255. The Morgan fingerprint density at radius 2 is 1.60 bits per heavy atom. The van der Waals surface area contributed by atoms with E-state index in [1.54, 1.807) is 0 Å². The van der Waals surface area contributed by atoms with Crippen LogP contribution < -0.4 is 10.1 Å². The van der Waals surface area contributed by atoms with Gasteiger partial charge in [0.15, 0.2) is 0 Å². The number of rotatable bonds is 10. The van der Waals surface area contributed by atoms with Crippen molar-refractivity contribution >= 4 is 17.5 Å². The van der Waals surface area contributed by atoms with E-state index >= 15 is 0 Å². The zero-order chi connectivity index (χ0) is 29.7. The Labute approximate surface area is 258 Å². The van der Waals surface area contributed by atoms with Gasteiger partial charge < -0.3 is 15.0 Å². The first kappa shape index (κ1) is 31.3. The minimum Gasteiger partial charge on any atom is -0.491 e. The maximum absolute atomic E-state index is 14.0. The lowest BCUT2D eigenvalue weighted by Gasteiger charge is -2.50. The van der Waals surface area contributed by atoms with Crippen LogP contribution in [0.2, 0.25) is 5.02 Å². The van der Waals surface area contributed by atoms with Crippen LogP contribution in [0.25, 0.3) is 0 Å². The van der Waals surface area contributed by atoms with E-state index in [1.807, 2.05) is 12.1 Å². The number of piperazine rings is 1. The van der Waals surface area contributed by atoms with E-state index in [0.29, 0.717) is 11.9 Å². The maximum atomic E-state index is 14.0. The van der Waals surface area contributed by atoms with Crippen LogP contribution in [-0.4, -0.2) is 84.1 Å². The molecule has 2 aliphatic heterocycles. The molecule has 42 heavy (non-hydrogen) atoms. The summed E-state index contributed by atoms with van der Waals surface area (Å²) in [4.78, 5) is 21.4. The molecular formula is C35H51ClN4O2. The number of benzene rings is 2. The highest BCUT2D eigenvalue weighted by atomic mass is 35.5.